The van der Waals surface area contributed by atoms with Gasteiger partial charge in [-0.25, -0.2) is 8.78 Å². The van der Waals surface area contributed by atoms with E-state index in [9.17, 15) is 8.78 Å². The minimum Gasteiger partial charge on any atom is -0.488 e. The Balaban J connectivity index is 2.17. The van der Waals surface area contributed by atoms with E-state index in [4.69, 9.17) is 10.5 Å². The van der Waals surface area contributed by atoms with E-state index in [0.29, 0.717) is 10.2 Å². The predicted molar refractivity (Wildman–Crippen MR) is 77.4 cm³/mol. The zero-order valence-electron chi connectivity index (χ0n) is 10.9. The topological polar surface area (TPSA) is 35.2 Å². The van der Waals surface area contributed by atoms with Crippen molar-refractivity contribution in [1.29, 1.82) is 0 Å². The molecule has 2 aromatic rings. The van der Waals surface area contributed by atoms with Crippen LogP contribution in [0.1, 0.15) is 24.1 Å². The Morgan fingerprint density at radius 1 is 1.20 bits per heavy atom. The van der Waals surface area contributed by atoms with E-state index in [-0.39, 0.29) is 24.3 Å². The summed E-state index contributed by atoms with van der Waals surface area (Å²) in [6, 6.07) is 8.59. The fraction of sp³-hybridized carbons (Fsp3) is 0.200. The van der Waals surface area contributed by atoms with Crippen LogP contribution in [-0.4, -0.2) is 0 Å². The lowest BCUT2D eigenvalue weighted by Gasteiger charge is -2.14. The Kier molecular flexibility index (Phi) is 4.73. The van der Waals surface area contributed by atoms with Gasteiger partial charge in [0.05, 0.1) is 4.47 Å². The van der Waals surface area contributed by atoms with Crippen LogP contribution in [0.5, 0.6) is 5.75 Å². The van der Waals surface area contributed by atoms with Crippen LogP contribution in [0, 0.1) is 11.6 Å². The molecule has 5 heteroatoms. The van der Waals surface area contributed by atoms with Gasteiger partial charge in [0.2, 0.25) is 0 Å². The molecule has 2 N–H and O–H groups in total. The smallest absolute Gasteiger partial charge is 0.137 e. The molecule has 0 heterocycles. The molecule has 2 rings (SSSR count). The Morgan fingerprint density at radius 3 is 2.60 bits per heavy atom. The molecule has 0 aliphatic rings. The minimum atomic E-state index is -0.385. The van der Waals surface area contributed by atoms with Crippen molar-refractivity contribution in [2.24, 2.45) is 5.73 Å². The summed E-state index contributed by atoms with van der Waals surface area (Å²) in [7, 11) is 0. The number of ether oxygens (including phenoxy) is 1. The molecule has 106 valence electrons. The summed E-state index contributed by atoms with van der Waals surface area (Å²) >= 11 is 3.11. The van der Waals surface area contributed by atoms with Crippen LogP contribution in [0.15, 0.2) is 40.9 Å². The highest BCUT2D eigenvalue weighted by molar-refractivity contribution is 9.10. The second-order valence-corrected chi connectivity index (χ2v) is 5.36. The lowest BCUT2D eigenvalue weighted by Crippen LogP contribution is -2.08. The first-order valence-corrected chi connectivity index (χ1v) is 6.88. The van der Waals surface area contributed by atoms with Crippen molar-refractivity contribution in [3.05, 3.63) is 63.6 Å². The molecule has 0 amide bonds. The molecule has 0 fully saturated rings. The van der Waals surface area contributed by atoms with E-state index >= 15 is 0 Å². The molecule has 0 saturated carbocycles. The first-order chi connectivity index (χ1) is 9.47. The van der Waals surface area contributed by atoms with Crippen LogP contribution in [-0.2, 0) is 6.61 Å². The molecule has 0 aliphatic heterocycles. The van der Waals surface area contributed by atoms with Gasteiger partial charge >= 0.3 is 0 Å². The van der Waals surface area contributed by atoms with Crippen LogP contribution in [0.4, 0.5) is 8.78 Å². The van der Waals surface area contributed by atoms with Gasteiger partial charge in [-0.3, -0.25) is 0 Å². The average molecular weight is 342 g/mol. The van der Waals surface area contributed by atoms with Crippen molar-refractivity contribution < 1.29 is 13.5 Å². The third-order valence-electron chi connectivity index (χ3n) is 2.84. The van der Waals surface area contributed by atoms with Gasteiger partial charge in [0.1, 0.15) is 24.0 Å². The largest absolute Gasteiger partial charge is 0.488 e. The van der Waals surface area contributed by atoms with Crippen molar-refractivity contribution >= 4 is 15.9 Å². The van der Waals surface area contributed by atoms with Gasteiger partial charge in [-0.1, -0.05) is 12.1 Å². The Labute approximate surface area is 124 Å². The van der Waals surface area contributed by atoms with Crippen molar-refractivity contribution in [1.82, 2.24) is 0 Å². The van der Waals surface area contributed by atoms with Gasteiger partial charge < -0.3 is 10.5 Å². The second-order valence-electron chi connectivity index (χ2n) is 4.51. The second kappa shape index (κ2) is 6.33. The fourth-order valence-corrected chi connectivity index (χ4v) is 2.23. The quantitative estimate of drug-likeness (QED) is 0.898. The maximum absolute atomic E-state index is 13.3. The predicted octanol–water partition coefficient (Wildman–Crippen LogP) is 4.33. The standard InChI is InChI=1S/C15H14BrF2NO/c1-9(19)12-4-3-11(17)7-15(12)20-8-10-2-5-14(18)13(16)6-10/h2-7,9H,8,19H2,1H3/t9-/m0/s1. The fourth-order valence-electron chi connectivity index (χ4n) is 1.80. The third-order valence-corrected chi connectivity index (χ3v) is 3.45. The highest BCUT2D eigenvalue weighted by Crippen LogP contribution is 2.26. The highest BCUT2D eigenvalue weighted by Gasteiger charge is 2.10. The molecule has 0 spiro atoms. The summed E-state index contributed by atoms with van der Waals surface area (Å²) in [4.78, 5) is 0. The number of nitrogens with two attached hydrogens (primary N) is 1. The zero-order valence-corrected chi connectivity index (χ0v) is 12.5. The monoisotopic (exact) mass is 341 g/mol. The SMILES string of the molecule is C[C@H](N)c1ccc(F)cc1OCc1ccc(F)c(Br)c1. The van der Waals surface area contributed by atoms with Crippen LogP contribution >= 0.6 is 15.9 Å². The molecule has 20 heavy (non-hydrogen) atoms. The first-order valence-electron chi connectivity index (χ1n) is 6.09. The van der Waals surface area contributed by atoms with Gasteiger partial charge in [-0.05, 0) is 46.6 Å². The van der Waals surface area contributed by atoms with E-state index < -0.39 is 0 Å². The highest BCUT2D eigenvalue weighted by atomic mass is 79.9. The molecule has 0 saturated heterocycles. The summed E-state index contributed by atoms with van der Waals surface area (Å²) in [5.74, 6) is -0.319. The Morgan fingerprint density at radius 2 is 1.95 bits per heavy atom. The number of hydrogen-bond donors (Lipinski definition) is 1. The molecule has 0 aromatic heterocycles. The molecule has 2 nitrogen and oxygen atoms in total. The normalized spacial score (nSPS) is 12.2. The van der Waals surface area contributed by atoms with Gasteiger partial charge in [0.15, 0.2) is 0 Å². The summed E-state index contributed by atoms with van der Waals surface area (Å²) in [5, 5.41) is 0. The van der Waals surface area contributed by atoms with Crippen molar-refractivity contribution in [2.75, 3.05) is 0 Å². The molecule has 2 aromatic carbocycles. The number of rotatable bonds is 4. The first kappa shape index (κ1) is 14.9. The number of hydrogen-bond acceptors (Lipinski definition) is 2. The van der Waals surface area contributed by atoms with E-state index in [1.165, 1.54) is 18.2 Å². The van der Waals surface area contributed by atoms with Gasteiger partial charge in [-0.15, -0.1) is 0 Å². The van der Waals surface area contributed by atoms with E-state index in [1.807, 2.05) is 0 Å². The molecule has 1 atom stereocenters. The molecular formula is C15H14BrF2NO. The zero-order chi connectivity index (χ0) is 14.7. The number of benzene rings is 2. The van der Waals surface area contributed by atoms with Gasteiger partial charge in [0, 0.05) is 17.7 Å². The minimum absolute atomic E-state index is 0.210. The summed E-state index contributed by atoms with van der Waals surface area (Å²) in [6.07, 6.45) is 0. The van der Waals surface area contributed by atoms with Crippen molar-refractivity contribution in [3.63, 3.8) is 0 Å². The third kappa shape index (κ3) is 3.55. The Hall–Kier alpha value is -1.46. The summed E-state index contributed by atoms with van der Waals surface area (Å²) in [5.41, 5.74) is 7.32. The number of halogens is 3. The summed E-state index contributed by atoms with van der Waals surface area (Å²) < 4.78 is 32.4. The van der Waals surface area contributed by atoms with Gasteiger partial charge in [0.25, 0.3) is 0 Å². The van der Waals surface area contributed by atoms with Crippen LogP contribution in [0.3, 0.4) is 0 Å². The van der Waals surface area contributed by atoms with Crippen LogP contribution in [0.2, 0.25) is 0 Å². The van der Waals surface area contributed by atoms with E-state index in [0.717, 1.165) is 11.1 Å². The maximum Gasteiger partial charge on any atom is 0.137 e. The lowest BCUT2D eigenvalue weighted by molar-refractivity contribution is 0.299. The average Bonchev–Trinajstić information content (AvgIpc) is 2.40. The molecule has 0 radical (unpaired) electrons. The van der Waals surface area contributed by atoms with Crippen LogP contribution < -0.4 is 10.5 Å². The van der Waals surface area contributed by atoms with Crippen LogP contribution in [0.25, 0.3) is 0 Å². The van der Waals surface area contributed by atoms with Gasteiger partial charge in [-0.2, -0.15) is 0 Å². The molecule has 0 bridgehead atoms. The molecule has 0 aliphatic carbocycles. The van der Waals surface area contributed by atoms with Crippen molar-refractivity contribution in [2.45, 2.75) is 19.6 Å². The lowest BCUT2D eigenvalue weighted by atomic mass is 10.1. The molecular weight excluding hydrogens is 328 g/mol. The summed E-state index contributed by atoms with van der Waals surface area (Å²) in [6.45, 7) is 2.01. The van der Waals surface area contributed by atoms with Crippen molar-refractivity contribution in [3.8, 4) is 5.75 Å². The maximum atomic E-state index is 13.3. The Bertz CT molecular complexity index is 617. The van der Waals surface area contributed by atoms with E-state index in [1.54, 1.807) is 25.1 Å². The van der Waals surface area contributed by atoms with E-state index in [2.05, 4.69) is 15.9 Å². The molecule has 0 unspecified atom stereocenters.